The molecule has 0 aliphatic rings. The molecule has 1 aromatic carbocycles. The Morgan fingerprint density at radius 1 is 1.42 bits per heavy atom. The maximum atomic E-state index is 11.0. The summed E-state index contributed by atoms with van der Waals surface area (Å²) in [6, 6.07) is 4.03. The van der Waals surface area contributed by atoms with E-state index in [4.69, 9.17) is 10.5 Å². The fourth-order valence-electron chi connectivity index (χ4n) is 1.84. The Hall–Kier alpha value is -1.07. The first-order valence-electron chi connectivity index (χ1n) is 6.27. The highest BCUT2D eigenvalue weighted by Crippen LogP contribution is 2.28. The van der Waals surface area contributed by atoms with Gasteiger partial charge in [0.25, 0.3) is 0 Å². The molecule has 0 unspecified atom stereocenters. The number of hydrogen-bond acceptors (Lipinski definition) is 4. The molecule has 0 aliphatic carbocycles. The largest absolute Gasteiger partial charge is 0.493 e. The third kappa shape index (κ3) is 5.20. The van der Waals surface area contributed by atoms with Crippen molar-refractivity contribution >= 4 is 21.9 Å². The van der Waals surface area contributed by atoms with E-state index < -0.39 is 0 Å². The predicted molar refractivity (Wildman–Crippen MR) is 78.4 cm³/mol. The molecule has 0 bridgehead atoms. The molecule has 0 amide bonds. The number of carbonyl (C=O) groups excluding carboxylic acids is 1. The van der Waals surface area contributed by atoms with Crippen molar-refractivity contribution in [2.24, 2.45) is 5.73 Å². The Bertz CT molecular complexity index is 435. The molecule has 1 aromatic rings. The number of hydrogen-bond donors (Lipinski definition) is 1. The van der Waals surface area contributed by atoms with Gasteiger partial charge in [-0.15, -0.1) is 0 Å². The van der Waals surface area contributed by atoms with E-state index in [1.165, 1.54) is 7.11 Å². The van der Waals surface area contributed by atoms with Crippen molar-refractivity contribution in [2.75, 3.05) is 20.3 Å². The van der Waals surface area contributed by atoms with E-state index in [9.17, 15) is 4.79 Å². The van der Waals surface area contributed by atoms with Gasteiger partial charge in [0.1, 0.15) is 5.75 Å². The molecule has 1 rings (SSSR count). The zero-order valence-electron chi connectivity index (χ0n) is 11.4. The van der Waals surface area contributed by atoms with Crippen LogP contribution in [0.3, 0.4) is 0 Å². The average molecular weight is 330 g/mol. The monoisotopic (exact) mass is 329 g/mol. The smallest absolute Gasteiger partial charge is 0.305 e. The highest BCUT2D eigenvalue weighted by molar-refractivity contribution is 9.10. The summed E-state index contributed by atoms with van der Waals surface area (Å²) in [5, 5.41) is 0. The number of benzene rings is 1. The summed E-state index contributed by atoms with van der Waals surface area (Å²) in [7, 11) is 1.39. The van der Waals surface area contributed by atoms with Crippen molar-refractivity contribution in [2.45, 2.75) is 26.2 Å². The molecule has 0 heterocycles. The van der Waals surface area contributed by atoms with Crippen LogP contribution in [0.5, 0.6) is 5.75 Å². The van der Waals surface area contributed by atoms with Gasteiger partial charge in [-0.1, -0.05) is 15.9 Å². The van der Waals surface area contributed by atoms with Gasteiger partial charge in [-0.25, -0.2) is 0 Å². The standard InChI is InChI=1S/C14H20BrNO3/c1-10-8-12(15)9-11(5-6-16)14(10)19-7-3-4-13(17)18-2/h8-9H,3-7,16H2,1-2H3. The third-order valence-electron chi connectivity index (χ3n) is 2.73. The van der Waals surface area contributed by atoms with Crippen LogP contribution >= 0.6 is 15.9 Å². The van der Waals surface area contributed by atoms with Crippen LogP contribution in [0.15, 0.2) is 16.6 Å². The fraction of sp³-hybridized carbons (Fsp3) is 0.500. The van der Waals surface area contributed by atoms with Gasteiger partial charge in [0.15, 0.2) is 0 Å². The molecule has 0 saturated carbocycles. The van der Waals surface area contributed by atoms with Crippen LogP contribution in [-0.2, 0) is 16.0 Å². The van der Waals surface area contributed by atoms with Gasteiger partial charge in [-0.05, 0) is 49.6 Å². The lowest BCUT2D eigenvalue weighted by molar-refractivity contribution is -0.140. The van der Waals surface area contributed by atoms with E-state index in [1.54, 1.807) is 0 Å². The average Bonchev–Trinajstić information content (AvgIpc) is 2.36. The summed E-state index contributed by atoms with van der Waals surface area (Å²) in [4.78, 5) is 11.0. The SMILES string of the molecule is COC(=O)CCCOc1c(C)cc(Br)cc1CCN. The molecule has 5 heteroatoms. The van der Waals surface area contributed by atoms with E-state index >= 15 is 0 Å². The Kier molecular flexibility index (Phi) is 6.87. The minimum Gasteiger partial charge on any atom is -0.493 e. The van der Waals surface area contributed by atoms with Crippen molar-refractivity contribution in [1.29, 1.82) is 0 Å². The second kappa shape index (κ2) is 8.17. The number of halogens is 1. The maximum Gasteiger partial charge on any atom is 0.305 e. The summed E-state index contributed by atoms with van der Waals surface area (Å²) in [6.45, 7) is 3.07. The van der Waals surface area contributed by atoms with Gasteiger partial charge in [0.2, 0.25) is 0 Å². The number of nitrogens with two attached hydrogens (primary N) is 1. The second-order valence-corrected chi connectivity index (χ2v) is 5.19. The molecule has 0 atom stereocenters. The fourth-order valence-corrected chi connectivity index (χ4v) is 2.46. The van der Waals surface area contributed by atoms with Gasteiger partial charge in [-0.3, -0.25) is 4.79 Å². The second-order valence-electron chi connectivity index (χ2n) is 4.28. The molecule has 4 nitrogen and oxygen atoms in total. The van der Waals surface area contributed by atoms with Crippen LogP contribution < -0.4 is 10.5 Å². The first kappa shape index (κ1) is 16.0. The van der Waals surface area contributed by atoms with Gasteiger partial charge in [0, 0.05) is 10.9 Å². The summed E-state index contributed by atoms with van der Waals surface area (Å²) < 4.78 is 11.4. The van der Waals surface area contributed by atoms with Crippen molar-refractivity contribution in [1.82, 2.24) is 0 Å². The molecule has 0 spiro atoms. The normalized spacial score (nSPS) is 10.3. The molecule has 106 valence electrons. The summed E-state index contributed by atoms with van der Waals surface area (Å²) in [6.07, 6.45) is 1.79. The van der Waals surface area contributed by atoms with Gasteiger partial charge >= 0.3 is 5.97 Å². The third-order valence-corrected chi connectivity index (χ3v) is 3.19. The number of aryl methyl sites for hydroxylation is 1. The lowest BCUT2D eigenvalue weighted by Gasteiger charge is -2.14. The van der Waals surface area contributed by atoms with Gasteiger partial charge < -0.3 is 15.2 Å². The summed E-state index contributed by atoms with van der Waals surface area (Å²) >= 11 is 3.47. The molecule has 0 saturated heterocycles. The number of rotatable bonds is 7. The van der Waals surface area contributed by atoms with Crippen LogP contribution in [0.4, 0.5) is 0 Å². The minimum atomic E-state index is -0.210. The minimum absolute atomic E-state index is 0.210. The van der Waals surface area contributed by atoms with Gasteiger partial charge in [0.05, 0.1) is 13.7 Å². The van der Waals surface area contributed by atoms with Crippen LogP contribution in [0.2, 0.25) is 0 Å². The maximum absolute atomic E-state index is 11.0. The number of esters is 1. The number of ether oxygens (including phenoxy) is 2. The van der Waals surface area contributed by atoms with E-state index in [1.807, 2.05) is 19.1 Å². The summed E-state index contributed by atoms with van der Waals surface area (Å²) in [5.74, 6) is 0.664. The lowest BCUT2D eigenvalue weighted by Crippen LogP contribution is -2.09. The van der Waals surface area contributed by atoms with E-state index in [0.29, 0.717) is 26.0 Å². The van der Waals surface area contributed by atoms with Crippen LogP contribution in [-0.4, -0.2) is 26.2 Å². The molecule has 0 aliphatic heterocycles. The Morgan fingerprint density at radius 2 is 2.16 bits per heavy atom. The van der Waals surface area contributed by atoms with Crippen LogP contribution in [0.25, 0.3) is 0 Å². The molecule has 2 N–H and O–H groups in total. The van der Waals surface area contributed by atoms with Crippen molar-refractivity contribution in [3.8, 4) is 5.75 Å². The molecular formula is C14H20BrNO3. The molecule has 0 fully saturated rings. The Morgan fingerprint density at radius 3 is 2.79 bits per heavy atom. The van der Waals surface area contributed by atoms with Crippen molar-refractivity contribution in [3.63, 3.8) is 0 Å². The topological polar surface area (TPSA) is 61.5 Å². The molecule has 0 aromatic heterocycles. The van der Waals surface area contributed by atoms with Gasteiger partial charge in [-0.2, -0.15) is 0 Å². The van der Waals surface area contributed by atoms with Crippen LogP contribution in [0.1, 0.15) is 24.0 Å². The zero-order chi connectivity index (χ0) is 14.3. The highest BCUT2D eigenvalue weighted by Gasteiger charge is 2.09. The first-order valence-corrected chi connectivity index (χ1v) is 7.06. The lowest BCUT2D eigenvalue weighted by atomic mass is 10.1. The molecular weight excluding hydrogens is 310 g/mol. The highest BCUT2D eigenvalue weighted by atomic mass is 79.9. The predicted octanol–water partition coefficient (Wildman–Crippen LogP) is 2.59. The van der Waals surface area contributed by atoms with Crippen LogP contribution in [0, 0.1) is 6.92 Å². The van der Waals surface area contributed by atoms with E-state index in [0.717, 1.165) is 27.8 Å². The van der Waals surface area contributed by atoms with E-state index in [-0.39, 0.29) is 5.97 Å². The quantitative estimate of drug-likeness (QED) is 0.617. The zero-order valence-corrected chi connectivity index (χ0v) is 13.0. The number of methoxy groups -OCH3 is 1. The molecule has 0 radical (unpaired) electrons. The first-order chi connectivity index (χ1) is 9.08. The Balaban J connectivity index is 2.63. The van der Waals surface area contributed by atoms with Crippen molar-refractivity contribution < 1.29 is 14.3 Å². The summed E-state index contributed by atoms with van der Waals surface area (Å²) in [5.41, 5.74) is 7.77. The Labute approximate surface area is 122 Å². The van der Waals surface area contributed by atoms with Crippen molar-refractivity contribution in [3.05, 3.63) is 27.7 Å². The molecule has 19 heavy (non-hydrogen) atoms. The number of carbonyl (C=O) groups is 1. The van der Waals surface area contributed by atoms with E-state index in [2.05, 4.69) is 20.7 Å².